The van der Waals surface area contributed by atoms with E-state index in [1.165, 1.54) is 3.07 Å². The topological polar surface area (TPSA) is 48.8 Å². The van der Waals surface area contributed by atoms with Gasteiger partial charge >= 0.3 is 71.6 Å². The Hall–Kier alpha value is -0.535. The van der Waals surface area contributed by atoms with Crippen LogP contribution >= 0.6 is 0 Å². The van der Waals surface area contributed by atoms with E-state index in [9.17, 15) is 0 Å². The quantitative estimate of drug-likeness (QED) is 0.344. The van der Waals surface area contributed by atoms with Crippen molar-refractivity contribution in [1.82, 2.24) is 0 Å². The zero-order chi connectivity index (χ0) is 7.23. The van der Waals surface area contributed by atoms with E-state index in [0.29, 0.717) is 0 Å². The van der Waals surface area contributed by atoms with Crippen LogP contribution in [0.5, 0.6) is 0 Å². The van der Waals surface area contributed by atoms with Crippen LogP contribution in [0.1, 0.15) is 0 Å². The van der Waals surface area contributed by atoms with Crippen LogP contribution < -0.4 is 3.07 Å². The zero-order valence-corrected chi connectivity index (χ0v) is 10.9. The number of rotatable bonds is 2. The number of hydrogen-bond donors (Lipinski definition) is 0. The van der Waals surface area contributed by atoms with Gasteiger partial charge in [0.2, 0.25) is 0 Å². The van der Waals surface area contributed by atoms with E-state index in [1.807, 2.05) is 30.3 Å². The first-order chi connectivity index (χ1) is 4.93. The Balaban J connectivity index is 2.67. The van der Waals surface area contributed by atoms with Crippen LogP contribution in [-0.2, 0) is 24.9 Å². The van der Waals surface area contributed by atoms with E-state index >= 15 is 0 Å². The molecule has 3 nitrogen and oxygen atoms in total. The Bertz CT molecular complexity index is 240. The molecular formula is C6H5HgN3. The van der Waals surface area contributed by atoms with Crippen molar-refractivity contribution in [3.8, 4) is 0 Å². The average molecular weight is 320 g/mol. The summed E-state index contributed by atoms with van der Waals surface area (Å²) in [5.41, 5.74) is 8.04. The molecule has 46 valence electrons. The summed E-state index contributed by atoms with van der Waals surface area (Å²) in [4.78, 5) is 2.75. The van der Waals surface area contributed by atoms with E-state index in [1.54, 1.807) is 0 Å². The molecule has 1 aromatic carbocycles. The first-order valence-electron chi connectivity index (χ1n) is 2.98. The van der Waals surface area contributed by atoms with E-state index in [4.69, 9.17) is 5.53 Å². The van der Waals surface area contributed by atoms with E-state index in [2.05, 4.69) is 7.79 Å². The number of nitrogens with zero attached hydrogens (tertiary/aromatic N) is 3. The van der Waals surface area contributed by atoms with E-state index in [-0.39, 0.29) is 0 Å². The van der Waals surface area contributed by atoms with Crippen molar-refractivity contribution < 1.29 is 24.9 Å². The summed E-state index contributed by atoms with van der Waals surface area (Å²) in [6, 6.07) is 9.96. The average Bonchev–Trinajstić information content (AvgIpc) is 2.03. The van der Waals surface area contributed by atoms with Gasteiger partial charge in [0.1, 0.15) is 0 Å². The molecule has 0 saturated carbocycles. The van der Waals surface area contributed by atoms with Gasteiger partial charge in [0.15, 0.2) is 0 Å². The molecule has 10 heavy (non-hydrogen) atoms. The number of hydrogen-bond acceptors (Lipinski definition) is 1. The van der Waals surface area contributed by atoms with Gasteiger partial charge in [0.25, 0.3) is 0 Å². The van der Waals surface area contributed by atoms with Crippen LogP contribution in [0.25, 0.3) is 10.4 Å². The van der Waals surface area contributed by atoms with Gasteiger partial charge in [-0.15, -0.1) is 0 Å². The fraction of sp³-hybridized carbons (Fsp3) is 0. The number of benzene rings is 1. The van der Waals surface area contributed by atoms with Crippen LogP contribution in [0, 0.1) is 0 Å². The molecule has 4 heteroatoms. The first-order valence-corrected chi connectivity index (χ1v) is 8.19. The predicted octanol–water partition coefficient (Wildman–Crippen LogP) is 1.62. The Labute approximate surface area is 71.6 Å². The summed E-state index contributed by atoms with van der Waals surface area (Å²) >= 11 is -1.39. The van der Waals surface area contributed by atoms with Crippen molar-refractivity contribution in [2.75, 3.05) is 0 Å². The summed E-state index contributed by atoms with van der Waals surface area (Å²) in [5.74, 6) is 0. The second kappa shape index (κ2) is 4.31. The second-order valence-electron chi connectivity index (χ2n) is 1.87. The van der Waals surface area contributed by atoms with Gasteiger partial charge in [-0.05, 0) is 0 Å². The van der Waals surface area contributed by atoms with Crippen molar-refractivity contribution in [3.63, 3.8) is 0 Å². The minimum atomic E-state index is -1.39. The second-order valence-corrected chi connectivity index (χ2v) is 7.38. The Morgan fingerprint density at radius 3 is 2.60 bits per heavy atom. The maximum atomic E-state index is 8.04. The van der Waals surface area contributed by atoms with Gasteiger partial charge in [-0.3, -0.25) is 0 Å². The standard InChI is InChI=1S/C6H5.Hg.N3/c1-2-4-6-5-3-1;;1-3-2/h1-5H;;/q;+1;-1. The van der Waals surface area contributed by atoms with Gasteiger partial charge in [-0.2, -0.15) is 0 Å². The minimum absolute atomic E-state index is 1.26. The molecule has 0 fully saturated rings. The molecule has 0 bridgehead atoms. The maximum absolute atomic E-state index is 8.04. The van der Waals surface area contributed by atoms with E-state index < -0.39 is 24.9 Å². The Kier molecular flexibility index (Phi) is 3.26. The Morgan fingerprint density at radius 1 is 1.30 bits per heavy atom. The summed E-state index contributed by atoms with van der Waals surface area (Å²) in [6.45, 7) is 0. The molecule has 0 atom stereocenters. The Morgan fingerprint density at radius 2 is 2.00 bits per heavy atom. The third-order valence-electron chi connectivity index (χ3n) is 1.16. The van der Waals surface area contributed by atoms with Gasteiger partial charge in [0.05, 0.1) is 0 Å². The predicted molar refractivity (Wildman–Crippen MR) is 35.2 cm³/mol. The summed E-state index contributed by atoms with van der Waals surface area (Å²) in [6.07, 6.45) is 0. The number of azide groups is 1. The van der Waals surface area contributed by atoms with Crippen LogP contribution in [0.15, 0.2) is 33.2 Å². The molecule has 0 aliphatic carbocycles. The zero-order valence-electron chi connectivity index (χ0n) is 5.44. The fourth-order valence-electron chi connectivity index (χ4n) is 0.697. The third-order valence-corrected chi connectivity index (χ3v) is 5.45. The van der Waals surface area contributed by atoms with Gasteiger partial charge in [-0.1, -0.05) is 0 Å². The van der Waals surface area contributed by atoms with Crippen molar-refractivity contribution in [3.05, 3.63) is 40.8 Å². The first kappa shape index (κ1) is 7.57. The molecule has 0 unspecified atom stereocenters. The van der Waals surface area contributed by atoms with Gasteiger partial charge in [-0.25, -0.2) is 0 Å². The normalized spacial score (nSPS) is 7.60. The van der Waals surface area contributed by atoms with Crippen LogP contribution in [0.2, 0.25) is 0 Å². The summed E-state index contributed by atoms with van der Waals surface area (Å²) < 4.78 is 4.91. The van der Waals surface area contributed by atoms with Crippen LogP contribution in [-0.4, -0.2) is 0 Å². The molecule has 0 radical (unpaired) electrons. The monoisotopic (exact) mass is 321 g/mol. The molecule has 0 aliphatic heterocycles. The van der Waals surface area contributed by atoms with Crippen molar-refractivity contribution in [2.45, 2.75) is 0 Å². The molecule has 0 saturated heterocycles. The molecule has 0 N–H and O–H groups in total. The SMILES string of the molecule is [N-]=[N+]=[N][Hg][c]1ccccc1. The van der Waals surface area contributed by atoms with Gasteiger partial charge in [0, 0.05) is 0 Å². The molecule has 1 aromatic rings. The molecule has 0 spiro atoms. The third kappa shape index (κ3) is 2.37. The van der Waals surface area contributed by atoms with E-state index in [0.717, 1.165) is 0 Å². The van der Waals surface area contributed by atoms with Crippen LogP contribution in [0.4, 0.5) is 0 Å². The van der Waals surface area contributed by atoms with Crippen molar-refractivity contribution >= 4 is 3.07 Å². The summed E-state index contributed by atoms with van der Waals surface area (Å²) in [7, 11) is 0. The molecule has 0 aromatic heterocycles. The van der Waals surface area contributed by atoms with Crippen molar-refractivity contribution in [1.29, 1.82) is 0 Å². The van der Waals surface area contributed by atoms with Crippen molar-refractivity contribution in [2.24, 2.45) is 2.88 Å². The van der Waals surface area contributed by atoms with Crippen LogP contribution in [0.3, 0.4) is 0 Å². The summed E-state index contributed by atoms with van der Waals surface area (Å²) in [5, 5.41) is 0. The molecule has 0 heterocycles. The molecule has 1 rings (SSSR count). The molecule has 0 aliphatic rings. The van der Waals surface area contributed by atoms with Gasteiger partial charge < -0.3 is 0 Å². The fourth-order valence-corrected chi connectivity index (χ4v) is 3.45. The molecule has 0 amide bonds. The molecular weight excluding hydrogens is 315 g/mol.